The summed E-state index contributed by atoms with van der Waals surface area (Å²) >= 11 is 2.15. The molecule has 1 aromatic carbocycles. The summed E-state index contributed by atoms with van der Waals surface area (Å²) in [6.07, 6.45) is 0. The number of hydrogen-bond donors (Lipinski definition) is 0. The van der Waals surface area contributed by atoms with E-state index in [4.69, 9.17) is 9.05 Å². The average Bonchev–Trinajstić information content (AvgIpc) is 2.34. The molecule has 18 heavy (non-hydrogen) atoms. The Hall–Kier alpha value is 0.1000. The van der Waals surface area contributed by atoms with E-state index in [1.807, 2.05) is 45.0 Å². The van der Waals surface area contributed by atoms with Crippen LogP contribution in [0.3, 0.4) is 0 Å². The van der Waals surface area contributed by atoms with Crippen LogP contribution in [0.1, 0.15) is 28.6 Å². The minimum atomic E-state index is -3.03. The highest BCUT2D eigenvalue weighted by Gasteiger charge is 2.42. The van der Waals surface area contributed by atoms with Gasteiger partial charge in [0, 0.05) is 5.41 Å². The van der Waals surface area contributed by atoms with Crippen molar-refractivity contribution in [2.75, 3.05) is 13.2 Å². The van der Waals surface area contributed by atoms with E-state index < -0.39 is 7.60 Å². The smallest absolute Gasteiger partial charge is 0.307 e. The molecule has 0 aromatic heterocycles. The topological polar surface area (TPSA) is 35.5 Å². The fourth-order valence-corrected chi connectivity index (χ4v) is 4.96. The minimum Gasteiger partial charge on any atom is -0.307 e. The Morgan fingerprint density at radius 1 is 1.22 bits per heavy atom. The van der Waals surface area contributed by atoms with E-state index >= 15 is 0 Å². The van der Waals surface area contributed by atoms with Crippen LogP contribution in [0.2, 0.25) is 0 Å². The van der Waals surface area contributed by atoms with Crippen molar-refractivity contribution in [2.45, 2.75) is 24.4 Å². The van der Waals surface area contributed by atoms with Crippen molar-refractivity contribution in [3.63, 3.8) is 0 Å². The van der Waals surface area contributed by atoms with Crippen LogP contribution in [0.15, 0.2) is 24.3 Å². The highest BCUT2D eigenvalue weighted by molar-refractivity contribution is 14.1. The van der Waals surface area contributed by atoms with Gasteiger partial charge in [0.05, 0.1) is 13.2 Å². The van der Waals surface area contributed by atoms with Gasteiger partial charge in [-0.3, -0.25) is 4.57 Å². The summed E-state index contributed by atoms with van der Waals surface area (Å²) in [7, 11) is -3.03. The number of aryl methyl sites for hydroxylation is 1. The minimum absolute atomic E-state index is 0.0580. The molecule has 0 aliphatic carbocycles. The van der Waals surface area contributed by atoms with Gasteiger partial charge in [-0.1, -0.05) is 66.3 Å². The fraction of sp³-hybridized carbons (Fsp3) is 0.538. The van der Waals surface area contributed by atoms with Gasteiger partial charge in [0.15, 0.2) is 0 Å². The van der Waals surface area contributed by atoms with Crippen LogP contribution in [0.5, 0.6) is 0 Å². The number of alkyl halides is 1. The van der Waals surface area contributed by atoms with E-state index in [0.717, 1.165) is 5.56 Å². The zero-order valence-electron chi connectivity index (χ0n) is 10.9. The van der Waals surface area contributed by atoms with Crippen molar-refractivity contribution in [1.29, 1.82) is 0 Å². The maximum Gasteiger partial charge on any atom is 0.347 e. The second-order valence-corrected chi connectivity index (χ2v) is 9.84. The lowest BCUT2D eigenvalue weighted by Crippen LogP contribution is -2.30. The molecule has 0 spiro atoms. The molecule has 0 amide bonds. The number of halogens is 1. The summed E-state index contributed by atoms with van der Waals surface area (Å²) in [6, 6.07) is 8.00. The Balaban J connectivity index is 2.16. The Labute approximate surface area is 122 Å². The van der Waals surface area contributed by atoms with Crippen molar-refractivity contribution in [3.05, 3.63) is 35.4 Å². The first kappa shape index (κ1) is 14.5. The molecule has 1 aliphatic heterocycles. The number of rotatable bonds is 2. The van der Waals surface area contributed by atoms with Crippen LogP contribution < -0.4 is 0 Å². The first-order valence-electron chi connectivity index (χ1n) is 5.92. The number of benzene rings is 1. The molecule has 1 fully saturated rings. The van der Waals surface area contributed by atoms with Gasteiger partial charge in [0.25, 0.3) is 0 Å². The molecule has 0 bridgehead atoms. The van der Waals surface area contributed by atoms with E-state index in [2.05, 4.69) is 22.6 Å². The second-order valence-electron chi connectivity index (χ2n) is 5.50. The van der Waals surface area contributed by atoms with Gasteiger partial charge in [0.2, 0.25) is 0 Å². The third kappa shape index (κ3) is 3.16. The first-order chi connectivity index (χ1) is 8.32. The van der Waals surface area contributed by atoms with Crippen LogP contribution >= 0.6 is 30.2 Å². The van der Waals surface area contributed by atoms with Gasteiger partial charge in [-0.2, -0.15) is 0 Å². The number of hydrogen-bond acceptors (Lipinski definition) is 3. The van der Waals surface area contributed by atoms with Crippen LogP contribution in [-0.4, -0.2) is 13.2 Å². The van der Waals surface area contributed by atoms with E-state index in [-0.39, 0.29) is 9.08 Å². The first-order valence-corrected chi connectivity index (χ1v) is 8.78. The molecule has 1 heterocycles. The molecule has 1 saturated heterocycles. The predicted octanol–water partition coefficient (Wildman–Crippen LogP) is 4.69. The molecular formula is C13H18IO3P. The Kier molecular flexibility index (Phi) is 4.22. The fourth-order valence-electron chi connectivity index (χ4n) is 1.65. The molecule has 0 saturated carbocycles. The van der Waals surface area contributed by atoms with Gasteiger partial charge >= 0.3 is 7.60 Å². The normalized spacial score (nSPS) is 23.6. The van der Waals surface area contributed by atoms with Crippen molar-refractivity contribution < 1.29 is 13.6 Å². The molecule has 1 aliphatic rings. The lowest BCUT2D eigenvalue weighted by molar-refractivity contribution is 0.0410. The highest BCUT2D eigenvalue weighted by atomic mass is 127. The summed E-state index contributed by atoms with van der Waals surface area (Å²) in [6.45, 7) is 7.09. The van der Waals surface area contributed by atoms with Gasteiger partial charge in [-0.25, -0.2) is 0 Å². The van der Waals surface area contributed by atoms with Crippen LogP contribution in [0.4, 0.5) is 0 Å². The lowest BCUT2D eigenvalue weighted by Gasteiger charge is -2.35. The quantitative estimate of drug-likeness (QED) is 0.424. The van der Waals surface area contributed by atoms with E-state index in [1.54, 1.807) is 0 Å². The monoisotopic (exact) mass is 380 g/mol. The summed E-state index contributed by atoms with van der Waals surface area (Å²) in [5.74, 6) is 0. The van der Waals surface area contributed by atoms with Crippen molar-refractivity contribution in [2.24, 2.45) is 5.41 Å². The molecule has 2 rings (SSSR count). The molecule has 1 aromatic rings. The van der Waals surface area contributed by atoms with Crippen molar-refractivity contribution >= 4 is 30.2 Å². The Morgan fingerprint density at radius 2 is 1.72 bits per heavy atom. The SMILES string of the molecule is Cc1ccc(C(I)P2(=O)OCC(C)(C)CO2)cc1. The molecule has 3 nitrogen and oxygen atoms in total. The second kappa shape index (κ2) is 5.23. The van der Waals surface area contributed by atoms with Crippen LogP contribution in [0, 0.1) is 12.3 Å². The molecule has 5 heteroatoms. The molecule has 1 unspecified atom stereocenters. The molecule has 0 radical (unpaired) electrons. The molecule has 100 valence electrons. The van der Waals surface area contributed by atoms with E-state index in [9.17, 15) is 4.57 Å². The largest absolute Gasteiger partial charge is 0.347 e. The predicted molar refractivity (Wildman–Crippen MR) is 81.2 cm³/mol. The maximum absolute atomic E-state index is 12.7. The Bertz CT molecular complexity index is 456. The van der Waals surface area contributed by atoms with E-state index in [1.165, 1.54) is 5.56 Å². The van der Waals surface area contributed by atoms with Gasteiger partial charge in [-0.15, -0.1) is 0 Å². The van der Waals surface area contributed by atoms with Crippen LogP contribution in [-0.2, 0) is 13.6 Å². The average molecular weight is 380 g/mol. The third-order valence-corrected chi connectivity index (χ3v) is 7.50. The molecule has 0 N–H and O–H groups in total. The van der Waals surface area contributed by atoms with Crippen LogP contribution in [0.25, 0.3) is 0 Å². The Morgan fingerprint density at radius 3 is 2.22 bits per heavy atom. The van der Waals surface area contributed by atoms with Gasteiger partial charge in [0.1, 0.15) is 3.67 Å². The summed E-state index contributed by atoms with van der Waals surface area (Å²) in [5, 5.41) is 0. The van der Waals surface area contributed by atoms with Gasteiger partial charge in [-0.05, 0) is 12.5 Å². The summed E-state index contributed by atoms with van der Waals surface area (Å²) in [5.41, 5.74) is 2.12. The lowest BCUT2D eigenvalue weighted by atomic mass is 9.97. The zero-order valence-corrected chi connectivity index (χ0v) is 13.9. The van der Waals surface area contributed by atoms with Gasteiger partial charge < -0.3 is 9.05 Å². The van der Waals surface area contributed by atoms with Crippen molar-refractivity contribution in [3.8, 4) is 0 Å². The van der Waals surface area contributed by atoms with E-state index in [0.29, 0.717) is 13.2 Å². The third-order valence-electron chi connectivity index (χ3n) is 2.90. The zero-order chi connectivity index (χ0) is 13.4. The summed E-state index contributed by atoms with van der Waals surface area (Å²) in [4.78, 5) is 0. The highest BCUT2D eigenvalue weighted by Crippen LogP contribution is 2.66. The standard InChI is InChI=1S/C13H18IO3P/c1-10-4-6-11(7-5-10)12(14)18(15)16-8-13(2,3)9-17-18/h4-7,12H,8-9H2,1-3H3. The maximum atomic E-state index is 12.7. The summed E-state index contributed by atoms with van der Waals surface area (Å²) < 4.78 is 23.5. The molecular weight excluding hydrogens is 362 g/mol. The molecule has 1 atom stereocenters. The van der Waals surface area contributed by atoms with Crippen molar-refractivity contribution in [1.82, 2.24) is 0 Å².